The molecule has 0 aromatic heterocycles. The Bertz CT molecular complexity index is 796. The molecule has 0 bridgehead atoms. The molecule has 0 spiro atoms. The van der Waals surface area contributed by atoms with E-state index < -0.39 is 12.2 Å². The zero-order chi connectivity index (χ0) is 22.0. The molecule has 2 aromatic carbocycles. The van der Waals surface area contributed by atoms with Crippen LogP contribution in [-0.4, -0.2) is 54.7 Å². The van der Waals surface area contributed by atoms with Crippen LogP contribution in [0.25, 0.3) is 0 Å². The summed E-state index contributed by atoms with van der Waals surface area (Å²) in [4.78, 5) is 0. The fourth-order valence-electron chi connectivity index (χ4n) is 2.83. The Morgan fingerprint density at radius 1 is 0.867 bits per heavy atom. The summed E-state index contributed by atoms with van der Waals surface area (Å²) in [5, 5.41) is 19.3. The predicted molar refractivity (Wildman–Crippen MR) is 118 cm³/mol. The number of benzene rings is 2. The second-order valence-electron chi connectivity index (χ2n) is 7.48. The second kappa shape index (κ2) is 11.8. The third-order valence-electron chi connectivity index (χ3n) is 4.71. The van der Waals surface area contributed by atoms with Crippen LogP contribution in [-0.2, 0) is 10.2 Å². The van der Waals surface area contributed by atoms with Gasteiger partial charge in [0.25, 0.3) is 0 Å². The van der Waals surface area contributed by atoms with Crippen LogP contribution in [0.5, 0.6) is 11.5 Å². The van der Waals surface area contributed by atoms with Crippen molar-refractivity contribution in [3.05, 3.63) is 59.7 Å². The maximum atomic E-state index is 9.83. The summed E-state index contributed by atoms with van der Waals surface area (Å²) in [7, 11) is 0. The molecular formula is C24H29ClO5. The van der Waals surface area contributed by atoms with Gasteiger partial charge in [0, 0.05) is 5.41 Å². The van der Waals surface area contributed by atoms with E-state index in [1.165, 1.54) is 0 Å². The molecule has 0 saturated heterocycles. The first-order chi connectivity index (χ1) is 14.4. The van der Waals surface area contributed by atoms with Crippen LogP contribution < -0.4 is 9.47 Å². The molecule has 0 aliphatic rings. The number of hydrogen-bond acceptors (Lipinski definition) is 5. The SMILES string of the molecule is C#CCOC[C@@H](O)COc1ccc(C(C)(C)c2ccc(OC[C@H](O)CCl)cc2)cc1. The highest BCUT2D eigenvalue weighted by atomic mass is 35.5. The molecule has 0 fully saturated rings. The smallest absolute Gasteiger partial charge is 0.119 e. The van der Waals surface area contributed by atoms with Gasteiger partial charge >= 0.3 is 0 Å². The highest BCUT2D eigenvalue weighted by molar-refractivity contribution is 6.18. The van der Waals surface area contributed by atoms with Gasteiger partial charge in [0.15, 0.2) is 0 Å². The number of aliphatic hydroxyl groups is 2. The zero-order valence-electron chi connectivity index (χ0n) is 17.4. The van der Waals surface area contributed by atoms with Crippen molar-refractivity contribution in [1.82, 2.24) is 0 Å². The van der Waals surface area contributed by atoms with E-state index in [0.29, 0.717) is 11.5 Å². The molecule has 0 aliphatic heterocycles. The summed E-state index contributed by atoms with van der Waals surface area (Å²) in [6.07, 6.45) is 3.68. The lowest BCUT2D eigenvalue weighted by atomic mass is 9.78. The number of alkyl halides is 1. The van der Waals surface area contributed by atoms with Crippen LogP contribution >= 0.6 is 11.6 Å². The minimum absolute atomic E-state index is 0.132. The fourth-order valence-corrected chi connectivity index (χ4v) is 2.92. The average Bonchev–Trinajstić information content (AvgIpc) is 2.76. The topological polar surface area (TPSA) is 68.2 Å². The lowest BCUT2D eigenvalue weighted by Gasteiger charge is -2.26. The number of halogens is 1. The van der Waals surface area contributed by atoms with Gasteiger partial charge in [-0.2, -0.15) is 0 Å². The fraction of sp³-hybridized carbons (Fsp3) is 0.417. The van der Waals surface area contributed by atoms with E-state index in [1.807, 2.05) is 48.5 Å². The lowest BCUT2D eigenvalue weighted by Crippen LogP contribution is -2.23. The van der Waals surface area contributed by atoms with Crippen LogP contribution in [0.15, 0.2) is 48.5 Å². The quantitative estimate of drug-likeness (QED) is 0.306. The van der Waals surface area contributed by atoms with Crippen LogP contribution in [0.2, 0.25) is 0 Å². The van der Waals surface area contributed by atoms with Crippen molar-refractivity contribution in [2.24, 2.45) is 0 Å². The molecule has 30 heavy (non-hydrogen) atoms. The number of ether oxygens (including phenoxy) is 3. The van der Waals surface area contributed by atoms with Crippen LogP contribution in [0, 0.1) is 12.3 Å². The van der Waals surface area contributed by atoms with Gasteiger partial charge < -0.3 is 24.4 Å². The van der Waals surface area contributed by atoms with E-state index >= 15 is 0 Å². The Morgan fingerprint density at radius 3 is 1.77 bits per heavy atom. The van der Waals surface area contributed by atoms with Crippen molar-refractivity contribution in [3.63, 3.8) is 0 Å². The molecule has 0 heterocycles. The molecular weight excluding hydrogens is 404 g/mol. The molecule has 2 rings (SSSR count). The maximum absolute atomic E-state index is 9.83. The molecule has 0 aliphatic carbocycles. The van der Waals surface area contributed by atoms with Gasteiger partial charge in [-0.3, -0.25) is 0 Å². The molecule has 0 radical (unpaired) electrons. The molecule has 0 amide bonds. The Morgan fingerprint density at radius 2 is 1.33 bits per heavy atom. The molecule has 6 heteroatoms. The number of aliphatic hydroxyl groups excluding tert-OH is 2. The standard InChI is InChI=1S/C24H29ClO5/c1-4-13-28-15-21(27)17-30-23-11-7-19(8-12-23)24(2,3)18-5-9-22(10-6-18)29-16-20(26)14-25/h1,5-12,20-21,26-27H,13-17H2,2-3H3/t20-,21-/m1/s1. The Labute approximate surface area is 183 Å². The van der Waals surface area contributed by atoms with E-state index in [2.05, 4.69) is 19.8 Å². The van der Waals surface area contributed by atoms with Crippen LogP contribution in [0.4, 0.5) is 0 Å². The number of hydrogen-bond donors (Lipinski definition) is 2. The van der Waals surface area contributed by atoms with Gasteiger partial charge in [-0.25, -0.2) is 0 Å². The van der Waals surface area contributed by atoms with Gasteiger partial charge in [0.2, 0.25) is 0 Å². The van der Waals surface area contributed by atoms with E-state index in [1.54, 1.807) is 0 Å². The summed E-state index contributed by atoms with van der Waals surface area (Å²) in [6, 6.07) is 15.6. The molecule has 0 unspecified atom stereocenters. The first kappa shape index (κ1) is 24.0. The minimum Gasteiger partial charge on any atom is -0.491 e. The monoisotopic (exact) mass is 432 g/mol. The zero-order valence-corrected chi connectivity index (χ0v) is 18.1. The summed E-state index contributed by atoms with van der Waals surface area (Å²) in [5.74, 6) is 3.85. The van der Waals surface area contributed by atoms with Gasteiger partial charge in [-0.1, -0.05) is 44.0 Å². The predicted octanol–water partition coefficient (Wildman–Crippen LogP) is 3.38. The van der Waals surface area contributed by atoms with Gasteiger partial charge in [0.05, 0.1) is 12.5 Å². The third-order valence-corrected chi connectivity index (χ3v) is 5.07. The molecule has 2 N–H and O–H groups in total. The Hall–Kier alpha value is -2.23. The van der Waals surface area contributed by atoms with Gasteiger partial charge in [0.1, 0.15) is 43.5 Å². The largest absolute Gasteiger partial charge is 0.491 e. The molecule has 2 atom stereocenters. The van der Waals surface area contributed by atoms with Crippen LogP contribution in [0.3, 0.4) is 0 Å². The van der Waals surface area contributed by atoms with Crippen LogP contribution in [0.1, 0.15) is 25.0 Å². The average molecular weight is 433 g/mol. The summed E-state index contributed by atoms with van der Waals surface area (Å²) >= 11 is 5.58. The van der Waals surface area contributed by atoms with Crippen molar-refractivity contribution in [2.45, 2.75) is 31.5 Å². The Balaban J connectivity index is 1.95. The van der Waals surface area contributed by atoms with Crippen molar-refractivity contribution >= 4 is 11.6 Å². The highest BCUT2D eigenvalue weighted by Gasteiger charge is 2.23. The first-order valence-corrected chi connectivity index (χ1v) is 10.3. The van der Waals surface area contributed by atoms with Crippen molar-refractivity contribution in [1.29, 1.82) is 0 Å². The molecule has 2 aromatic rings. The lowest BCUT2D eigenvalue weighted by molar-refractivity contribution is 0.0229. The first-order valence-electron chi connectivity index (χ1n) is 9.76. The third kappa shape index (κ3) is 7.23. The molecule has 162 valence electrons. The number of terminal acetylenes is 1. The molecule has 0 saturated carbocycles. The minimum atomic E-state index is -0.735. The summed E-state index contributed by atoms with van der Waals surface area (Å²) < 4.78 is 16.2. The highest BCUT2D eigenvalue weighted by Crippen LogP contribution is 2.33. The normalized spacial score (nSPS) is 13.3. The summed E-state index contributed by atoms with van der Waals surface area (Å²) in [5.41, 5.74) is 2.02. The second-order valence-corrected chi connectivity index (χ2v) is 7.79. The number of rotatable bonds is 12. The molecule has 5 nitrogen and oxygen atoms in total. The van der Waals surface area contributed by atoms with Gasteiger partial charge in [-0.15, -0.1) is 18.0 Å². The Kier molecular flexibility index (Phi) is 9.48. The summed E-state index contributed by atoms with van der Waals surface area (Å²) in [6.45, 7) is 4.89. The van der Waals surface area contributed by atoms with E-state index in [0.717, 1.165) is 11.1 Å². The van der Waals surface area contributed by atoms with Crippen molar-refractivity contribution < 1.29 is 24.4 Å². The van der Waals surface area contributed by atoms with Crippen molar-refractivity contribution in [3.8, 4) is 23.8 Å². The van der Waals surface area contributed by atoms with E-state index in [9.17, 15) is 10.2 Å². The van der Waals surface area contributed by atoms with Crippen molar-refractivity contribution in [2.75, 3.05) is 32.3 Å². The van der Waals surface area contributed by atoms with E-state index in [4.69, 9.17) is 32.2 Å². The van der Waals surface area contributed by atoms with Gasteiger partial charge in [-0.05, 0) is 35.4 Å². The van der Waals surface area contributed by atoms with E-state index in [-0.39, 0.29) is 37.7 Å². The maximum Gasteiger partial charge on any atom is 0.119 e.